The molecule has 0 fully saturated rings. The Bertz CT molecular complexity index is 141. The van der Waals surface area contributed by atoms with Crippen LogP contribution in [0.5, 0.6) is 0 Å². The van der Waals surface area contributed by atoms with Gasteiger partial charge in [0.15, 0.2) is 0 Å². The number of hydrogen-bond acceptors (Lipinski definition) is 2. The summed E-state index contributed by atoms with van der Waals surface area (Å²) in [4.78, 5) is 20.0. The van der Waals surface area contributed by atoms with E-state index in [-0.39, 0.29) is 0 Å². The van der Waals surface area contributed by atoms with Gasteiger partial charge in [-0.3, -0.25) is 9.59 Å². The van der Waals surface area contributed by atoms with Gasteiger partial charge >= 0.3 is 0 Å². The normalized spacial score (nSPS) is 7.60. The van der Waals surface area contributed by atoms with Crippen molar-refractivity contribution < 1.29 is 9.59 Å². The molecule has 0 aliphatic rings. The van der Waals surface area contributed by atoms with E-state index < -0.39 is 11.7 Å². The zero-order valence-corrected chi connectivity index (χ0v) is 11.1. The van der Waals surface area contributed by atoms with Crippen LogP contribution < -0.4 is 5.32 Å². The molecule has 0 unspecified atom stereocenters. The Hall–Kier alpha value is -0.860. The lowest BCUT2D eigenvalue weighted by molar-refractivity contribution is -0.136. The molecule has 0 aliphatic heterocycles. The van der Waals surface area contributed by atoms with Crippen LogP contribution in [0.3, 0.4) is 0 Å². The van der Waals surface area contributed by atoms with Crippen LogP contribution in [0.15, 0.2) is 0 Å². The van der Waals surface area contributed by atoms with Crippen molar-refractivity contribution in [2.75, 3.05) is 7.05 Å². The smallest absolute Gasteiger partial charge is 0.286 e. The maximum absolute atomic E-state index is 10.1. The van der Waals surface area contributed by atoms with E-state index >= 15 is 0 Å². The zero-order chi connectivity index (χ0) is 12.7. The average Bonchev–Trinajstić information content (AvgIpc) is 2.28. The van der Waals surface area contributed by atoms with Crippen molar-refractivity contribution in [3.63, 3.8) is 0 Å². The monoisotopic (exact) mass is 217 g/mol. The van der Waals surface area contributed by atoms with Gasteiger partial charge in [0.2, 0.25) is 5.78 Å². The fourth-order valence-corrected chi connectivity index (χ4v) is 0.676. The van der Waals surface area contributed by atoms with Gasteiger partial charge in [-0.05, 0) is 0 Å². The van der Waals surface area contributed by atoms with E-state index in [1.54, 1.807) is 0 Å². The first-order chi connectivity index (χ1) is 7.09. The minimum Gasteiger partial charge on any atom is -0.353 e. The Labute approximate surface area is 94.6 Å². The number of carbonyl (C=O) groups excluding carboxylic acids is 2. The van der Waals surface area contributed by atoms with Crippen LogP contribution in [-0.2, 0) is 9.59 Å². The van der Waals surface area contributed by atoms with Crippen LogP contribution in [0.2, 0.25) is 0 Å². The molecular weight excluding hydrogens is 190 g/mol. The molecule has 0 heterocycles. The number of likely N-dealkylation sites (N-methyl/N-ethyl adjacent to an activating group) is 1. The highest BCUT2D eigenvalue weighted by molar-refractivity contribution is 6.35. The molecular formula is C12H27NO2. The molecule has 0 saturated heterocycles. The Morgan fingerprint density at radius 2 is 1.33 bits per heavy atom. The second-order valence-electron chi connectivity index (χ2n) is 2.84. The van der Waals surface area contributed by atoms with E-state index in [0.29, 0.717) is 0 Å². The standard InChI is InChI=1S/C6H14.C4H7NO2.C2H6/c1-3-5-6-4-2;1-3(6)4(7)5-2;1-2/h3-6H2,1-2H3;1-2H3,(H,5,7);1-2H3. The lowest BCUT2D eigenvalue weighted by atomic mass is 10.2. The molecule has 92 valence electrons. The van der Waals surface area contributed by atoms with E-state index in [9.17, 15) is 9.59 Å². The number of amides is 1. The van der Waals surface area contributed by atoms with Crippen LogP contribution in [0.1, 0.15) is 60.3 Å². The van der Waals surface area contributed by atoms with Crippen molar-refractivity contribution in [3.8, 4) is 0 Å². The summed E-state index contributed by atoms with van der Waals surface area (Å²) < 4.78 is 0. The summed E-state index contributed by atoms with van der Waals surface area (Å²) in [5.74, 6) is -0.998. The number of ketones is 1. The van der Waals surface area contributed by atoms with Crippen LogP contribution in [0.4, 0.5) is 0 Å². The van der Waals surface area contributed by atoms with Gasteiger partial charge in [0.1, 0.15) is 0 Å². The first-order valence-electron chi connectivity index (χ1n) is 5.82. The van der Waals surface area contributed by atoms with Gasteiger partial charge in [-0.15, -0.1) is 0 Å². The Balaban J connectivity index is -0.000000166. The van der Waals surface area contributed by atoms with Gasteiger partial charge in [0, 0.05) is 14.0 Å². The quantitative estimate of drug-likeness (QED) is 0.581. The molecule has 0 bridgehead atoms. The van der Waals surface area contributed by atoms with Crippen molar-refractivity contribution in [2.24, 2.45) is 0 Å². The van der Waals surface area contributed by atoms with Gasteiger partial charge in [-0.1, -0.05) is 53.4 Å². The molecule has 1 amide bonds. The summed E-state index contributed by atoms with van der Waals surface area (Å²) in [5, 5.41) is 2.18. The molecule has 0 radical (unpaired) electrons. The van der Waals surface area contributed by atoms with E-state index in [4.69, 9.17) is 0 Å². The Kier molecular flexibility index (Phi) is 24.7. The molecule has 15 heavy (non-hydrogen) atoms. The highest BCUT2D eigenvalue weighted by Crippen LogP contribution is 1.95. The fraction of sp³-hybridized carbons (Fsp3) is 0.833. The van der Waals surface area contributed by atoms with Gasteiger partial charge in [0.05, 0.1) is 0 Å². The van der Waals surface area contributed by atoms with Crippen LogP contribution in [0.25, 0.3) is 0 Å². The van der Waals surface area contributed by atoms with E-state index in [1.807, 2.05) is 13.8 Å². The number of unbranched alkanes of at least 4 members (excludes halogenated alkanes) is 3. The molecule has 0 aromatic heterocycles. The largest absolute Gasteiger partial charge is 0.353 e. The minimum atomic E-state index is -0.542. The van der Waals surface area contributed by atoms with Crippen LogP contribution in [0, 0.1) is 0 Å². The lowest BCUT2D eigenvalue weighted by Crippen LogP contribution is -2.24. The van der Waals surface area contributed by atoms with Gasteiger partial charge in [0.25, 0.3) is 5.91 Å². The molecule has 3 nitrogen and oxygen atoms in total. The number of hydrogen-bond donors (Lipinski definition) is 1. The van der Waals surface area contributed by atoms with Gasteiger partial charge in [-0.25, -0.2) is 0 Å². The first-order valence-corrected chi connectivity index (χ1v) is 5.82. The molecule has 3 heteroatoms. The van der Waals surface area contributed by atoms with Crippen molar-refractivity contribution >= 4 is 11.7 Å². The summed E-state index contributed by atoms with van der Waals surface area (Å²) in [7, 11) is 1.42. The average molecular weight is 217 g/mol. The molecule has 1 N–H and O–H groups in total. The maximum Gasteiger partial charge on any atom is 0.286 e. The first kappa shape index (κ1) is 19.7. The molecule has 0 aromatic carbocycles. The SMILES string of the molecule is CC.CCCCCC.CNC(=O)C(C)=O. The van der Waals surface area contributed by atoms with E-state index in [2.05, 4.69) is 19.2 Å². The van der Waals surface area contributed by atoms with Crippen LogP contribution in [-0.4, -0.2) is 18.7 Å². The summed E-state index contributed by atoms with van der Waals surface area (Å²) >= 11 is 0. The summed E-state index contributed by atoms with van der Waals surface area (Å²) in [6.45, 7) is 9.68. The highest BCUT2D eigenvalue weighted by Gasteiger charge is 2.00. The number of nitrogens with one attached hydrogen (secondary N) is 1. The van der Waals surface area contributed by atoms with Crippen LogP contribution >= 0.6 is 0 Å². The second kappa shape index (κ2) is 18.8. The van der Waals surface area contributed by atoms with Gasteiger partial charge < -0.3 is 5.32 Å². The Morgan fingerprint density at radius 3 is 1.40 bits per heavy atom. The summed E-state index contributed by atoms with van der Waals surface area (Å²) in [6.07, 6.45) is 5.54. The van der Waals surface area contributed by atoms with Crippen molar-refractivity contribution in [3.05, 3.63) is 0 Å². The van der Waals surface area contributed by atoms with Crippen molar-refractivity contribution in [1.82, 2.24) is 5.32 Å². The fourth-order valence-electron chi connectivity index (χ4n) is 0.676. The third-order valence-corrected chi connectivity index (χ3v) is 1.50. The molecule has 0 rings (SSSR count). The highest BCUT2D eigenvalue weighted by atomic mass is 16.2. The molecule has 0 saturated carbocycles. The lowest BCUT2D eigenvalue weighted by Gasteiger charge is -1.86. The van der Waals surface area contributed by atoms with Gasteiger partial charge in [-0.2, -0.15) is 0 Å². The predicted molar refractivity (Wildman–Crippen MR) is 65.9 cm³/mol. The summed E-state index contributed by atoms with van der Waals surface area (Å²) in [6, 6.07) is 0. The molecule has 0 aromatic rings. The zero-order valence-electron chi connectivity index (χ0n) is 11.1. The molecule has 0 atom stereocenters. The third kappa shape index (κ3) is 24.6. The van der Waals surface area contributed by atoms with Crippen molar-refractivity contribution in [1.29, 1.82) is 0 Å². The Morgan fingerprint density at radius 1 is 1.00 bits per heavy atom. The van der Waals surface area contributed by atoms with Crippen molar-refractivity contribution in [2.45, 2.75) is 60.3 Å². The molecule has 0 aliphatic carbocycles. The minimum absolute atomic E-state index is 0.456. The summed E-state index contributed by atoms with van der Waals surface area (Å²) in [5.41, 5.74) is 0. The topological polar surface area (TPSA) is 46.2 Å². The number of rotatable bonds is 4. The predicted octanol–water partition coefficient (Wildman–Crippen LogP) is 2.93. The number of Topliss-reactive ketones (excluding diaryl/α,β-unsaturated/α-hetero) is 1. The molecule has 0 spiro atoms. The third-order valence-electron chi connectivity index (χ3n) is 1.50. The number of carbonyl (C=O) groups is 2. The second-order valence-corrected chi connectivity index (χ2v) is 2.84. The van der Waals surface area contributed by atoms with E-state index in [0.717, 1.165) is 0 Å². The maximum atomic E-state index is 10.1. The van der Waals surface area contributed by atoms with E-state index in [1.165, 1.54) is 39.7 Å².